The van der Waals surface area contributed by atoms with E-state index < -0.39 is 0 Å². The quantitative estimate of drug-likeness (QED) is 0.0383. The summed E-state index contributed by atoms with van der Waals surface area (Å²) in [7, 11) is 0. The van der Waals surface area contributed by atoms with E-state index in [4.69, 9.17) is 4.74 Å². The zero-order chi connectivity index (χ0) is 32.6. The molecule has 0 rings (SSSR count). The fourth-order valence-corrected chi connectivity index (χ4v) is 6.49. The van der Waals surface area contributed by atoms with Gasteiger partial charge in [0.15, 0.2) is 0 Å². The molecule has 0 atom stereocenters. The van der Waals surface area contributed by atoms with E-state index in [1.165, 1.54) is 212 Å². The Morgan fingerprint density at radius 3 is 0.956 bits per heavy atom. The molecular formula is C43H84O2. The van der Waals surface area contributed by atoms with Crippen molar-refractivity contribution in [2.24, 2.45) is 0 Å². The van der Waals surface area contributed by atoms with Crippen LogP contribution in [0.2, 0.25) is 0 Å². The van der Waals surface area contributed by atoms with Crippen molar-refractivity contribution in [1.29, 1.82) is 0 Å². The summed E-state index contributed by atoms with van der Waals surface area (Å²) in [6, 6.07) is 0. The number of ether oxygens (including phenoxy) is 1. The van der Waals surface area contributed by atoms with Gasteiger partial charge in [0, 0.05) is 6.42 Å². The average molecular weight is 633 g/mol. The van der Waals surface area contributed by atoms with Gasteiger partial charge in [0.2, 0.25) is 0 Å². The Labute approximate surface area is 285 Å². The third-order valence-corrected chi connectivity index (χ3v) is 9.65. The number of allylic oxidation sites excluding steroid dienone is 2. The first kappa shape index (κ1) is 44.2. The smallest absolute Gasteiger partial charge is 0.305 e. The average Bonchev–Trinajstić information content (AvgIpc) is 3.05. The van der Waals surface area contributed by atoms with E-state index in [2.05, 4.69) is 26.0 Å². The van der Waals surface area contributed by atoms with Crippen molar-refractivity contribution in [3.63, 3.8) is 0 Å². The van der Waals surface area contributed by atoms with Crippen LogP contribution in [0, 0.1) is 0 Å². The molecule has 2 heteroatoms. The lowest BCUT2D eigenvalue weighted by Crippen LogP contribution is -2.05. The van der Waals surface area contributed by atoms with Crippen molar-refractivity contribution < 1.29 is 9.53 Å². The van der Waals surface area contributed by atoms with Crippen molar-refractivity contribution in [3.05, 3.63) is 12.2 Å². The van der Waals surface area contributed by atoms with E-state index in [0.29, 0.717) is 13.0 Å². The summed E-state index contributed by atoms with van der Waals surface area (Å²) in [6.07, 6.45) is 54.5. The summed E-state index contributed by atoms with van der Waals surface area (Å²) < 4.78 is 5.46. The molecule has 0 bridgehead atoms. The van der Waals surface area contributed by atoms with Crippen LogP contribution in [0.15, 0.2) is 12.2 Å². The molecule has 0 aliphatic rings. The van der Waals surface area contributed by atoms with E-state index in [0.717, 1.165) is 19.3 Å². The van der Waals surface area contributed by atoms with Crippen LogP contribution < -0.4 is 0 Å². The molecule has 0 aromatic carbocycles. The van der Waals surface area contributed by atoms with Crippen LogP contribution in [0.5, 0.6) is 0 Å². The first-order chi connectivity index (χ1) is 22.3. The minimum Gasteiger partial charge on any atom is -0.466 e. The van der Waals surface area contributed by atoms with Gasteiger partial charge in [0.05, 0.1) is 6.61 Å². The normalized spacial score (nSPS) is 11.6. The fraction of sp³-hybridized carbons (Fsp3) is 0.930. The second-order valence-corrected chi connectivity index (χ2v) is 14.3. The third-order valence-electron chi connectivity index (χ3n) is 9.65. The summed E-state index contributed by atoms with van der Waals surface area (Å²) in [5.74, 6) is 0.0198. The van der Waals surface area contributed by atoms with Crippen molar-refractivity contribution in [3.8, 4) is 0 Å². The van der Waals surface area contributed by atoms with Crippen LogP contribution in [-0.4, -0.2) is 12.6 Å². The van der Waals surface area contributed by atoms with Crippen molar-refractivity contribution in [2.75, 3.05) is 6.61 Å². The minimum absolute atomic E-state index is 0.0198. The lowest BCUT2D eigenvalue weighted by Gasteiger charge is -2.06. The van der Waals surface area contributed by atoms with E-state index in [1.54, 1.807) is 0 Å². The molecule has 0 spiro atoms. The summed E-state index contributed by atoms with van der Waals surface area (Å²) in [4.78, 5) is 12.0. The molecule has 0 aliphatic heterocycles. The Morgan fingerprint density at radius 2 is 0.622 bits per heavy atom. The van der Waals surface area contributed by atoms with Crippen molar-refractivity contribution >= 4 is 5.97 Å². The molecule has 0 fully saturated rings. The first-order valence-corrected chi connectivity index (χ1v) is 21.1. The highest BCUT2D eigenvalue weighted by molar-refractivity contribution is 5.69. The number of hydrogen-bond donors (Lipinski definition) is 0. The van der Waals surface area contributed by atoms with Gasteiger partial charge in [-0.3, -0.25) is 4.79 Å². The number of esters is 1. The molecule has 0 unspecified atom stereocenters. The van der Waals surface area contributed by atoms with Gasteiger partial charge in [-0.25, -0.2) is 0 Å². The van der Waals surface area contributed by atoms with Gasteiger partial charge < -0.3 is 4.74 Å². The highest BCUT2D eigenvalue weighted by Crippen LogP contribution is 2.16. The van der Waals surface area contributed by atoms with Crippen LogP contribution in [-0.2, 0) is 9.53 Å². The molecule has 0 radical (unpaired) electrons. The van der Waals surface area contributed by atoms with Gasteiger partial charge in [-0.05, 0) is 38.5 Å². The molecule has 0 amide bonds. The van der Waals surface area contributed by atoms with Crippen LogP contribution >= 0.6 is 0 Å². The second-order valence-electron chi connectivity index (χ2n) is 14.3. The third kappa shape index (κ3) is 41.2. The van der Waals surface area contributed by atoms with E-state index in [-0.39, 0.29) is 5.97 Å². The zero-order valence-electron chi connectivity index (χ0n) is 31.3. The highest BCUT2D eigenvalue weighted by Gasteiger charge is 2.02. The Bertz CT molecular complexity index is 568. The maximum absolute atomic E-state index is 12.0. The molecule has 2 nitrogen and oxygen atoms in total. The van der Waals surface area contributed by atoms with E-state index in [9.17, 15) is 4.79 Å². The molecular weight excluding hydrogens is 548 g/mol. The molecule has 0 aliphatic carbocycles. The summed E-state index contributed by atoms with van der Waals surface area (Å²) in [5, 5.41) is 0. The number of hydrogen-bond acceptors (Lipinski definition) is 2. The van der Waals surface area contributed by atoms with Crippen LogP contribution in [0.1, 0.15) is 251 Å². The molecule has 0 aromatic heterocycles. The Morgan fingerprint density at radius 1 is 0.356 bits per heavy atom. The fourth-order valence-electron chi connectivity index (χ4n) is 6.49. The highest BCUT2D eigenvalue weighted by atomic mass is 16.5. The Hall–Kier alpha value is -0.790. The zero-order valence-corrected chi connectivity index (χ0v) is 31.3. The second kappa shape index (κ2) is 41.2. The Kier molecular flexibility index (Phi) is 40.5. The minimum atomic E-state index is 0.0198. The van der Waals surface area contributed by atoms with Gasteiger partial charge in [-0.1, -0.05) is 219 Å². The number of carbonyl (C=O) groups is 1. The van der Waals surface area contributed by atoms with Crippen LogP contribution in [0.25, 0.3) is 0 Å². The summed E-state index contributed by atoms with van der Waals surface area (Å²) in [5.41, 5.74) is 0. The molecule has 0 saturated carbocycles. The summed E-state index contributed by atoms with van der Waals surface area (Å²) in [6.45, 7) is 5.21. The van der Waals surface area contributed by atoms with Gasteiger partial charge in [0.1, 0.15) is 0 Å². The first-order valence-electron chi connectivity index (χ1n) is 21.1. The molecule has 268 valence electrons. The van der Waals surface area contributed by atoms with Gasteiger partial charge >= 0.3 is 5.97 Å². The topological polar surface area (TPSA) is 26.3 Å². The van der Waals surface area contributed by atoms with Gasteiger partial charge in [0.25, 0.3) is 0 Å². The SMILES string of the molecule is CCCCCCCCC=CCCCCCCCC(=O)OCCCCCCCCCCCCCCCCCCCCCCCCC. The largest absolute Gasteiger partial charge is 0.466 e. The molecule has 45 heavy (non-hydrogen) atoms. The number of rotatable bonds is 39. The number of unbranched alkanes of at least 4 members (excludes halogenated alkanes) is 33. The standard InChI is InChI=1S/C43H84O2/c1-3-5-7-9-11-13-15-17-19-20-21-22-23-24-25-26-28-30-32-34-36-38-40-42-45-43(44)41-39-37-35-33-31-29-27-18-16-14-12-10-8-6-4-2/h18,27H,3-17,19-26,28-42H2,1-2H3. The maximum atomic E-state index is 12.0. The molecule has 0 saturated heterocycles. The summed E-state index contributed by atoms with van der Waals surface area (Å²) >= 11 is 0. The van der Waals surface area contributed by atoms with Crippen LogP contribution in [0.3, 0.4) is 0 Å². The molecule has 0 aromatic rings. The lowest BCUT2D eigenvalue weighted by molar-refractivity contribution is -0.143. The lowest BCUT2D eigenvalue weighted by atomic mass is 10.0. The van der Waals surface area contributed by atoms with Crippen molar-refractivity contribution in [2.45, 2.75) is 251 Å². The van der Waals surface area contributed by atoms with E-state index >= 15 is 0 Å². The molecule has 0 heterocycles. The predicted octanol–water partition coefficient (Wildman–Crippen LogP) is 15.6. The van der Waals surface area contributed by atoms with Gasteiger partial charge in [-0.2, -0.15) is 0 Å². The van der Waals surface area contributed by atoms with Crippen molar-refractivity contribution in [1.82, 2.24) is 0 Å². The Balaban J connectivity index is 3.16. The monoisotopic (exact) mass is 633 g/mol. The van der Waals surface area contributed by atoms with E-state index in [1.807, 2.05) is 0 Å². The van der Waals surface area contributed by atoms with Gasteiger partial charge in [-0.15, -0.1) is 0 Å². The van der Waals surface area contributed by atoms with Crippen LogP contribution in [0.4, 0.5) is 0 Å². The number of carbonyl (C=O) groups excluding carboxylic acids is 1. The maximum Gasteiger partial charge on any atom is 0.305 e. The molecule has 0 N–H and O–H groups in total. The predicted molar refractivity (Wildman–Crippen MR) is 202 cm³/mol.